The van der Waals surface area contributed by atoms with Crippen LogP contribution in [-0.2, 0) is 11.2 Å². The third-order valence-electron chi connectivity index (χ3n) is 3.00. The van der Waals surface area contributed by atoms with Crippen LogP contribution < -0.4 is 5.32 Å². The summed E-state index contributed by atoms with van der Waals surface area (Å²) in [6.45, 7) is 0.0389. The maximum absolute atomic E-state index is 11.4. The summed E-state index contributed by atoms with van der Waals surface area (Å²) in [5.41, 5.74) is 3.07. The molecule has 5 nitrogen and oxygen atoms in total. The summed E-state index contributed by atoms with van der Waals surface area (Å²) in [6.07, 6.45) is 1.69. The highest BCUT2D eigenvalue weighted by Gasteiger charge is 2.30. The van der Waals surface area contributed by atoms with Crippen molar-refractivity contribution in [3.05, 3.63) is 35.4 Å². The number of carbonyl (C=O) groups is 2. The molecule has 1 aliphatic carbocycles. The molecule has 0 aromatic heterocycles. The van der Waals surface area contributed by atoms with Crippen LogP contribution in [0.15, 0.2) is 29.4 Å². The fourth-order valence-electron chi connectivity index (χ4n) is 2.15. The molecule has 0 atom stereocenters. The van der Waals surface area contributed by atoms with Crippen molar-refractivity contribution < 1.29 is 9.59 Å². The SMILES string of the molecule is O=C1CNC(=O)N1/N=C1\CCc2ccccc21. The van der Waals surface area contributed by atoms with Crippen LogP contribution in [0, 0.1) is 0 Å². The van der Waals surface area contributed by atoms with E-state index in [0.29, 0.717) is 0 Å². The van der Waals surface area contributed by atoms with Crippen molar-refractivity contribution in [2.75, 3.05) is 6.54 Å². The number of urea groups is 1. The molecule has 0 saturated carbocycles. The van der Waals surface area contributed by atoms with E-state index in [9.17, 15) is 9.59 Å². The number of imide groups is 1. The number of amides is 3. The second-order valence-corrected chi connectivity index (χ2v) is 4.07. The van der Waals surface area contributed by atoms with Crippen LogP contribution in [-0.4, -0.2) is 29.2 Å². The molecule has 1 aromatic carbocycles. The zero-order chi connectivity index (χ0) is 11.8. The van der Waals surface area contributed by atoms with E-state index in [1.807, 2.05) is 24.3 Å². The molecule has 17 heavy (non-hydrogen) atoms. The molecule has 1 N–H and O–H groups in total. The number of aryl methyl sites for hydroxylation is 1. The Morgan fingerprint density at radius 2 is 2.00 bits per heavy atom. The molecule has 86 valence electrons. The molecule has 2 aliphatic rings. The standard InChI is InChI=1S/C12H11N3O2/c16-11-7-13-12(17)15(11)14-10-6-5-8-3-1-2-4-9(8)10/h1-4H,5-7H2,(H,13,17)/b14-10+. The fraction of sp³-hybridized carbons (Fsp3) is 0.250. The summed E-state index contributed by atoms with van der Waals surface area (Å²) in [5.74, 6) is -0.299. The van der Waals surface area contributed by atoms with Gasteiger partial charge in [0, 0.05) is 5.56 Å². The maximum Gasteiger partial charge on any atom is 0.345 e. The summed E-state index contributed by atoms with van der Waals surface area (Å²) in [4.78, 5) is 22.8. The number of nitrogens with zero attached hydrogens (tertiary/aromatic N) is 2. The largest absolute Gasteiger partial charge is 0.345 e. The van der Waals surface area contributed by atoms with E-state index in [0.717, 1.165) is 29.1 Å². The Morgan fingerprint density at radius 1 is 1.18 bits per heavy atom. The average molecular weight is 229 g/mol. The first-order valence-corrected chi connectivity index (χ1v) is 5.52. The number of nitrogens with one attached hydrogen (secondary N) is 1. The van der Waals surface area contributed by atoms with Gasteiger partial charge in [-0.05, 0) is 18.4 Å². The minimum Gasteiger partial charge on any atom is -0.327 e. The lowest BCUT2D eigenvalue weighted by molar-refractivity contribution is -0.124. The van der Waals surface area contributed by atoms with Crippen LogP contribution in [0.2, 0.25) is 0 Å². The van der Waals surface area contributed by atoms with Crippen LogP contribution in [0.5, 0.6) is 0 Å². The van der Waals surface area contributed by atoms with E-state index < -0.39 is 6.03 Å². The Hall–Kier alpha value is -2.17. The van der Waals surface area contributed by atoms with Gasteiger partial charge >= 0.3 is 6.03 Å². The topological polar surface area (TPSA) is 61.8 Å². The van der Waals surface area contributed by atoms with Crippen molar-refractivity contribution in [3.63, 3.8) is 0 Å². The van der Waals surface area contributed by atoms with E-state index in [-0.39, 0.29) is 12.5 Å². The molecule has 5 heteroatoms. The van der Waals surface area contributed by atoms with Gasteiger partial charge in [0.15, 0.2) is 0 Å². The van der Waals surface area contributed by atoms with Gasteiger partial charge in [-0.3, -0.25) is 4.79 Å². The minimum atomic E-state index is -0.438. The molecular weight excluding hydrogens is 218 g/mol. The zero-order valence-electron chi connectivity index (χ0n) is 9.14. The van der Waals surface area contributed by atoms with Crippen LogP contribution in [0.1, 0.15) is 17.5 Å². The Morgan fingerprint density at radius 3 is 2.76 bits per heavy atom. The summed E-state index contributed by atoms with van der Waals surface area (Å²) in [7, 11) is 0. The first-order valence-electron chi connectivity index (χ1n) is 5.52. The van der Waals surface area contributed by atoms with E-state index >= 15 is 0 Å². The van der Waals surface area contributed by atoms with Crippen LogP contribution >= 0.6 is 0 Å². The third kappa shape index (κ3) is 1.60. The van der Waals surface area contributed by atoms with Crippen LogP contribution in [0.25, 0.3) is 0 Å². The average Bonchev–Trinajstić information content (AvgIpc) is 2.88. The third-order valence-corrected chi connectivity index (χ3v) is 3.00. The van der Waals surface area contributed by atoms with E-state index in [4.69, 9.17) is 0 Å². The highest BCUT2D eigenvalue weighted by Crippen LogP contribution is 2.22. The maximum atomic E-state index is 11.4. The first-order chi connectivity index (χ1) is 8.25. The Labute approximate surface area is 98.1 Å². The summed E-state index contributed by atoms with van der Waals surface area (Å²) < 4.78 is 0. The lowest BCUT2D eigenvalue weighted by Gasteiger charge is -2.07. The fourth-order valence-corrected chi connectivity index (χ4v) is 2.15. The monoisotopic (exact) mass is 229 g/mol. The molecule has 0 radical (unpaired) electrons. The Kier molecular flexibility index (Phi) is 2.18. The molecule has 1 aromatic rings. The van der Waals surface area contributed by atoms with Gasteiger partial charge in [-0.1, -0.05) is 24.3 Å². The molecular formula is C12H11N3O2. The van der Waals surface area contributed by atoms with Gasteiger partial charge in [0.05, 0.1) is 5.71 Å². The quantitative estimate of drug-likeness (QED) is 0.727. The summed E-state index contributed by atoms with van der Waals surface area (Å²) in [6, 6.07) is 7.50. The molecule has 1 fully saturated rings. The molecule has 3 amide bonds. The number of fused-ring (bicyclic) bond motifs is 1. The van der Waals surface area contributed by atoms with Gasteiger partial charge in [-0.2, -0.15) is 5.10 Å². The second-order valence-electron chi connectivity index (χ2n) is 4.07. The summed E-state index contributed by atoms with van der Waals surface area (Å²) in [5, 5.41) is 7.54. The second kappa shape index (κ2) is 3.69. The molecule has 0 spiro atoms. The lowest BCUT2D eigenvalue weighted by Crippen LogP contribution is -2.27. The number of hydrazone groups is 1. The van der Waals surface area contributed by atoms with Gasteiger partial charge in [0.2, 0.25) is 0 Å². The predicted octanol–water partition coefficient (Wildman–Crippen LogP) is 0.889. The molecule has 1 aliphatic heterocycles. The lowest BCUT2D eigenvalue weighted by atomic mass is 10.1. The van der Waals surface area contributed by atoms with Crippen molar-refractivity contribution in [2.24, 2.45) is 5.10 Å². The van der Waals surface area contributed by atoms with Gasteiger partial charge < -0.3 is 5.32 Å². The van der Waals surface area contributed by atoms with Gasteiger partial charge in [-0.25, -0.2) is 4.79 Å². The Bertz CT molecular complexity index is 520. The number of rotatable bonds is 1. The molecule has 1 saturated heterocycles. The van der Waals surface area contributed by atoms with Gasteiger partial charge in [0.1, 0.15) is 6.54 Å². The van der Waals surface area contributed by atoms with E-state index in [1.54, 1.807) is 0 Å². The minimum absolute atomic E-state index is 0.0389. The van der Waals surface area contributed by atoms with Crippen molar-refractivity contribution in [2.45, 2.75) is 12.8 Å². The Balaban J connectivity index is 1.96. The van der Waals surface area contributed by atoms with Gasteiger partial charge in [-0.15, -0.1) is 5.01 Å². The normalized spacial score (nSPS) is 20.9. The van der Waals surface area contributed by atoms with Crippen LogP contribution in [0.3, 0.4) is 0 Å². The number of hydrogen-bond donors (Lipinski definition) is 1. The van der Waals surface area contributed by atoms with Crippen molar-refractivity contribution in [3.8, 4) is 0 Å². The van der Waals surface area contributed by atoms with Crippen molar-refractivity contribution in [1.29, 1.82) is 0 Å². The smallest absolute Gasteiger partial charge is 0.327 e. The van der Waals surface area contributed by atoms with Crippen molar-refractivity contribution in [1.82, 2.24) is 10.3 Å². The molecule has 0 unspecified atom stereocenters. The number of benzene rings is 1. The van der Waals surface area contributed by atoms with Crippen LogP contribution in [0.4, 0.5) is 4.79 Å². The first kappa shape index (κ1) is 10.0. The van der Waals surface area contributed by atoms with E-state index in [2.05, 4.69) is 10.4 Å². The highest BCUT2D eigenvalue weighted by atomic mass is 16.2. The van der Waals surface area contributed by atoms with Gasteiger partial charge in [0.25, 0.3) is 5.91 Å². The number of hydrogen-bond acceptors (Lipinski definition) is 3. The van der Waals surface area contributed by atoms with Crippen molar-refractivity contribution >= 4 is 17.6 Å². The molecule has 0 bridgehead atoms. The van der Waals surface area contributed by atoms with E-state index in [1.165, 1.54) is 5.56 Å². The predicted molar refractivity (Wildman–Crippen MR) is 61.5 cm³/mol. The number of carbonyl (C=O) groups excluding carboxylic acids is 2. The molecule has 1 heterocycles. The highest BCUT2D eigenvalue weighted by molar-refractivity contribution is 6.08. The summed E-state index contributed by atoms with van der Waals surface area (Å²) >= 11 is 0. The zero-order valence-corrected chi connectivity index (χ0v) is 9.14. The molecule has 3 rings (SSSR count).